The lowest BCUT2D eigenvalue weighted by atomic mass is 9.82. The third-order valence-corrected chi connectivity index (χ3v) is 5.99. The van der Waals surface area contributed by atoms with Crippen LogP contribution in [0.3, 0.4) is 0 Å². The molecule has 0 amide bonds. The van der Waals surface area contributed by atoms with E-state index in [1.54, 1.807) is 7.11 Å². The number of unbranched alkanes of at least 4 members (excludes halogenated alkanes) is 12. The van der Waals surface area contributed by atoms with Crippen LogP contribution in [0.2, 0.25) is 0 Å². The quantitative estimate of drug-likeness (QED) is 0.117. The van der Waals surface area contributed by atoms with Crippen LogP contribution in [0.15, 0.2) is 0 Å². The van der Waals surface area contributed by atoms with E-state index in [4.69, 9.17) is 14.2 Å². The molecule has 0 bridgehead atoms. The number of esters is 2. The molecule has 0 aromatic rings. The molecular formula is C25H48O5. The molecule has 0 unspecified atom stereocenters. The van der Waals surface area contributed by atoms with Crippen LogP contribution < -0.4 is 0 Å². The molecule has 0 spiro atoms. The number of rotatable bonds is 21. The minimum Gasteiger partial charge on any atom is -0.465 e. The molecule has 0 heterocycles. The fourth-order valence-electron chi connectivity index (χ4n) is 3.69. The average molecular weight is 429 g/mol. The van der Waals surface area contributed by atoms with E-state index in [-0.39, 0.29) is 6.61 Å². The Morgan fingerprint density at radius 1 is 0.567 bits per heavy atom. The van der Waals surface area contributed by atoms with Crippen LogP contribution in [0.4, 0.5) is 0 Å². The molecule has 0 aromatic heterocycles. The predicted molar refractivity (Wildman–Crippen MR) is 123 cm³/mol. The van der Waals surface area contributed by atoms with Gasteiger partial charge < -0.3 is 14.2 Å². The number of hydrogen-bond donors (Lipinski definition) is 0. The first-order chi connectivity index (χ1) is 14.6. The number of ether oxygens (including phenoxy) is 3. The molecule has 0 aliphatic heterocycles. The van der Waals surface area contributed by atoms with Crippen molar-refractivity contribution < 1.29 is 23.8 Å². The molecule has 30 heavy (non-hydrogen) atoms. The third-order valence-electron chi connectivity index (χ3n) is 5.99. The van der Waals surface area contributed by atoms with Crippen LogP contribution in [0.5, 0.6) is 0 Å². The van der Waals surface area contributed by atoms with E-state index in [9.17, 15) is 9.59 Å². The van der Waals surface area contributed by atoms with Crippen molar-refractivity contribution >= 4 is 11.9 Å². The minimum absolute atomic E-state index is 0.156. The van der Waals surface area contributed by atoms with Gasteiger partial charge in [0.05, 0.1) is 13.2 Å². The maximum atomic E-state index is 12.6. The lowest BCUT2D eigenvalue weighted by Gasteiger charge is -2.26. The van der Waals surface area contributed by atoms with E-state index in [1.165, 1.54) is 70.6 Å². The van der Waals surface area contributed by atoms with Crippen LogP contribution >= 0.6 is 0 Å². The summed E-state index contributed by atoms with van der Waals surface area (Å²) in [5.41, 5.74) is -1.19. The lowest BCUT2D eigenvalue weighted by molar-refractivity contribution is -0.174. The molecule has 0 atom stereocenters. The minimum atomic E-state index is -1.19. The summed E-state index contributed by atoms with van der Waals surface area (Å²) < 4.78 is 15.6. The molecule has 0 rings (SSSR count). The standard InChI is InChI=1S/C25H48O5/c1-5-8-9-10-11-12-13-14-15-16-17-18-19-20-29-23(26)25(6-2,7-3)24(27)30-22-21-28-4/h5-22H2,1-4H3. The van der Waals surface area contributed by atoms with Crippen molar-refractivity contribution in [1.29, 1.82) is 0 Å². The van der Waals surface area contributed by atoms with Gasteiger partial charge in [-0.3, -0.25) is 9.59 Å². The van der Waals surface area contributed by atoms with Gasteiger partial charge in [-0.2, -0.15) is 0 Å². The molecule has 0 saturated heterocycles. The number of hydrogen-bond acceptors (Lipinski definition) is 5. The molecule has 5 heteroatoms. The molecule has 178 valence electrons. The summed E-state index contributed by atoms with van der Waals surface area (Å²) >= 11 is 0. The highest BCUT2D eigenvalue weighted by Crippen LogP contribution is 2.30. The molecule has 0 N–H and O–H groups in total. The Morgan fingerprint density at radius 3 is 1.37 bits per heavy atom. The molecule has 0 aliphatic carbocycles. The van der Waals surface area contributed by atoms with Gasteiger partial charge in [0.2, 0.25) is 0 Å². The van der Waals surface area contributed by atoms with Crippen molar-refractivity contribution in [3.8, 4) is 0 Å². The zero-order valence-electron chi connectivity index (χ0n) is 20.3. The number of carbonyl (C=O) groups is 2. The van der Waals surface area contributed by atoms with Crippen LogP contribution in [0.1, 0.15) is 117 Å². The van der Waals surface area contributed by atoms with Gasteiger partial charge in [0, 0.05) is 7.11 Å². The second-order valence-electron chi connectivity index (χ2n) is 8.30. The van der Waals surface area contributed by atoms with Gasteiger partial charge in [0.15, 0.2) is 5.41 Å². The van der Waals surface area contributed by atoms with Gasteiger partial charge in [-0.15, -0.1) is 0 Å². The number of methoxy groups -OCH3 is 1. The Hall–Kier alpha value is -1.10. The van der Waals surface area contributed by atoms with Gasteiger partial charge in [0.1, 0.15) is 6.61 Å². The van der Waals surface area contributed by atoms with Crippen molar-refractivity contribution in [3.63, 3.8) is 0 Å². The van der Waals surface area contributed by atoms with Crippen LogP contribution in [0, 0.1) is 5.41 Å². The zero-order valence-corrected chi connectivity index (χ0v) is 20.3. The maximum Gasteiger partial charge on any atom is 0.323 e. The SMILES string of the molecule is CCCCCCCCCCCCCCCOC(=O)C(CC)(CC)C(=O)OCCOC. The summed E-state index contributed by atoms with van der Waals surface area (Å²) in [4.78, 5) is 25.0. The molecule has 0 saturated carbocycles. The second kappa shape index (κ2) is 19.8. The van der Waals surface area contributed by atoms with E-state index >= 15 is 0 Å². The highest BCUT2D eigenvalue weighted by atomic mass is 16.6. The van der Waals surface area contributed by atoms with E-state index in [2.05, 4.69) is 6.92 Å². The van der Waals surface area contributed by atoms with Crippen molar-refractivity contribution in [3.05, 3.63) is 0 Å². The Labute approximate surface area is 185 Å². The third kappa shape index (κ3) is 12.6. The van der Waals surface area contributed by atoms with E-state index in [0.717, 1.165) is 12.8 Å². The lowest BCUT2D eigenvalue weighted by Crippen LogP contribution is -2.41. The van der Waals surface area contributed by atoms with E-state index < -0.39 is 17.4 Å². The highest BCUT2D eigenvalue weighted by Gasteiger charge is 2.45. The summed E-state index contributed by atoms with van der Waals surface area (Å²) in [6, 6.07) is 0. The topological polar surface area (TPSA) is 61.8 Å². The largest absolute Gasteiger partial charge is 0.465 e. The Kier molecular flexibility index (Phi) is 19.1. The Morgan fingerprint density at radius 2 is 0.967 bits per heavy atom. The van der Waals surface area contributed by atoms with Gasteiger partial charge in [-0.1, -0.05) is 97.8 Å². The average Bonchev–Trinajstić information content (AvgIpc) is 2.75. The molecule has 0 aromatic carbocycles. The molecule has 0 fully saturated rings. The number of carbonyl (C=O) groups excluding carboxylic acids is 2. The molecule has 0 radical (unpaired) electrons. The van der Waals surface area contributed by atoms with Gasteiger partial charge in [-0.25, -0.2) is 0 Å². The molecule has 0 aliphatic rings. The van der Waals surface area contributed by atoms with Crippen LogP contribution in [0.25, 0.3) is 0 Å². The highest BCUT2D eigenvalue weighted by molar-refractivity contribution is 5.99. The fraction of sp³-hybridized carbons (Fsp3) is 0.920. The van der Waals surface area contributed by atoms with Crippen molar-refractivity contribution in [1.82, 2.24) is 0 Å². The smallest absolute Gasteiger partial charge is 0.323 e. The van der Waals surface area contributed by atoms with Crippen LogP contribution in [-0.2, 0) is 23.8 Å². The molecule has 5 nitrogen and oxygen atoms in total. The first-order valence-corrected chi connectivity index (χ1v) is 12.4. The van der Waals surface area contributed by atoms with Crippen molar-refractivity contribution in [2.45, 2.75) is 117 Å². The van der Waals surface area contributed by atoms with Gasteiger partial charge in [-0.05, 0) is 19.3 Å². The fourth-order valence-corrected chi connectivity index (χ4v) is 3.69. The first kappa shape index (κ1) is 28.9. The Balaban J connectivity index is 3.82. The Bertz CT molecular complexity index is 418. The van der Waals surface area contributed by atoms with Gasteiger partial charge in [0.25, 0.3) is 0 Å². The molecular weight excluding hydrogens is 380 g/mol. The summed E-state index contributed by atoms with van der Waals surface area (Å²) in [5.74, 6) is -0.950. The van der Waals surface area contributed by atoms with Crippen molar-refractivity contribution in [2.75, 3.05) is 26.9 Å². The predicted octanol–water partition coefficient (Wildman–Crippen LogP) is 6.62. The summed E-state index contributed by atoms with van der Waals surface area (Å²) in [5, 5.41) is 0. The van der Waals surface area contributed by atoms with E-state index in [1.807, 2.05) is 13.8 Å². The summed E-state index contributed by atoms with van der Waals surface area (Å²) in [6.07, 6.45) is 17.4. The first-order valence-electron chi connectivity index (χ1n) is 12.4. The maximum absolute atomic E-state index is 12.6. The second-order valence-corrected chi connectivity index (χ2v) is 8.30. The van der Waals surface area contributed by atoms with E-state index in [0.29, 0.717) is 26.1 Å². The van der Waals surface area contributed by atoms with Crippen molar-refractivity contribution in [2.24, 2.45) is 5.41 Å². The summed E-state index contributed by atoms with van der Waals surface area (Å²) in [6.45, 7) is 6.77. The summed E-state index contributed by atoms with van der Waals surface area (Å²) in [7, 11) is 1.55. The van der Waals surface area contributed by atoms with Gasteiger partial charge >= 0.3 is 11.9 Å². The van der Waals surface area contributed by atoms with Crippen LogP contribution in [-0.4, -0.2) is 38.9 Å². The normalized spacial score (nSPS) is 11.5. The monoisotopic (exact) mass is 428 g/mol. The zero-order chi connectivity index (χ0) is 22.5.